The number of hydrogen-bond acceptors (Lipinski definition) is 4. The molecule has 148 valence electrons. The van der Waals surface area contributed by atoms with Gasteiger partial charge in [0.05, 0.1) is 17.4 Å². The van der Waals surface area contributed by atoms with Gasteiger partial charge in [0.2, 0.25) is 5.91 Å². The Balaban J connectivity index is 1.86. The van der Waals surface area contributed by atoms with E-state index in [1.807, 2.05) is 37.3 Å². The van der Waals surface area contributed by atoms with Crippen molar-refractivity contribution in [1.82, 2.24) is 0 Å². The molecule has 0 radical (unpaired) electrons. The molecule has 0 spiro atoms. The zero-order valence-electron chi connectivity index (χ0n) is 15.7. The highest BCUT2D eigenvalue weighted by Crippen LogP contribution is 2.36. The molecule has 1 aromatic carbocycles. The fourth-order valence-corrected chi connectivity index (χ4v) is 5.09. The Morgan fingerprint density at radius 1 is 1.14 bits per heavy atom. The lowest BCUT2D eigenvalue weighted by Gasteiger charge is -2.27. The number of carbonyl (C=O) groups excluding carboxylic acids is 2. The van der Waals surface area contributed by atoms with Crippen molar-refractivity contribution in [3.63, 3.8) is 0 Å². The third-order valence-corrected chi connectivity index (χ3v) is 6.56. The van der Waals surface area contributed by atoms with E-state index in [1.165, 1.54) is 11.3 Å². The van der Waals surface area contributed by atoms with Crippen molar-refractivity contribution in [1.29, 1.82) is 0 Å². The average molecular weight is 401 g/mol. The summed E-state index contributed by atoms with van der Waals surface area (Å²) in [5, 5.41) is 12.6. The van der Waals surface area contributed by atoms with E-state index in [9.17, 15) is 19.5 Å². The number of hydrogen-bond donors (Lipinski definition) is 3. The number of benzene rings is 1. The number of thiophene rings is 1. The Hall–Kier alpha value is -2.67. The second kappa shape index (κ2) is 8.56. The molecule has 28 heavy (non-hydrogen) atoms. The van der Waals surface area contributed by atoms with Crippen LogP contribution in [0.3, 0.4) is 0 Å². The van der Waals surface area contributed by atoms with Gasteiger partial charge in [-0.3, -0.25) is 14.4 Å². The highest BCUT2D eigenvalue weighted by atomic mass is 32.1. The Kier molecular flexibility index (Phi) is 6.14. The highest BCUT2D eigenvalue weighted by molar-refractivity contribution is 7.17. The molecule has 2 aromatic rings. The van der Waals surface area contributed by atoms with E-state index < -0.39 is 23.7 Å². The van der Waals surface area contributed by atoms with E-state index in [-0.39, 0.29) is 5.91 Å². The van der Waals surface area contributed by atoms with Crippen molar-refractivity contribution in [3.05, 3.63) is 51.9 Å². The van der Waals surface area contributed by atoms with Gasteiger partial charge in [0.15, 0.2) is 0 Å². The summed E-state index contributed by atoms with van der Waals surface area (Å²) in [6, 6.07) is 9.84. The molecular weight excluding hydrogens is 376 g/mol. The molecule has 4 N–H and O–H groups in total. The fourth-order valence-electron chi connectivity index (χ4n) is 3.84. The van der Waals surface area contributed by atoms with Crippen LogP contribution < -0.4 is 11.1 Å². The summed E-state index contributed by atoms with van der Waals surface area (Å²) in [5.74, 6) is -3.16. The molecule has 0 bridgehead atoms. The van der Waals surface area contributed by atoms with Crippen molar-refractivity contribution in [2.75, 3.05) is 5.32 Å². The van der Waals surface area contributed by atoms with Crippen molar-refractivity contribution >= 4 is 34.1 Å². The Bertz CT molecular complexity index is 891. The topological polar surface area (TPSA) is 109 Å². The maximum Gasteiger partial charge on any atom is 0.307 e. The number of anilines is 1. The lowest BCUT2D eigenvalue weighted by Crippen LogP contribution is -2.36. The highest BCUT2D eigenvalue weighted by Gasteiger charge is 2.36. The summed E-state index contributed by atoms with van der Waals surface area (Å²) in [6.45, 7) is 1.82. The van der Waals surface area contributed by atoms with Crippen LogP contribution in [-0.2, 0) is 16.0 Å². The van der Waals surface area contributed by atoms with Gasteiger partial charge in [-0.15, -0.1) is 11.3 Å². The molecule has 1 aliphatic carbocycles. The number of rotatable bonds is 6. The van der Waals surface area contributed by atoms with Gasteiger partial charge in [-0.1, -0.05) is 43.2 Å². The molecule has 0 saturated heterocycles. The molecule has 7 heteroatoms. The molecule has 2 atom stereocenters. The summed E-state index contributed by atoms with van der Waals surface area (Å²) in [5.41, 5.74) is 7.74. The lowest BCUT2D eigenvalue weighted by atomic mass is 9.79. The molecule has 1 heterocycles. The zero-order chi connectivity index (χ0) is 20.3. The average Bonchev–Trinajstić information content (AvgIpc) is 2.97. The number of aliphatic carboxylic acids is 1. The second-order valence-electron chi connectivity index (χ2n) is 7.21. The largest absolute Gasteiger partial charge is 0.481 e. The first-order valence-electron chi connectivity index (χ1n) is 9.38. The molecule has 1 fully saturated rings. The van der Waals surface area contributed by atoms with E-state index in [0.717, 1.165) is 28.8 Å². The van der Waals surface area contributed by atoms with Crippen LogP contribution in [0.2, 0.25) is 0 Å². The maximum absolute atomic E-state index is 12.8. The molecule has 1 saturated carbocycles. The fraction of sp³-hybridized carbons (Fsp3) is 0.381. The van der Waals surface area contributed by atoms with E-state index in [2.05, 4.69) is 5.32 Å². The van der Waals surface area contributed by atoms with Gasteiger partial charge in [-0.25, -0.2) is 0 Å². The summed E-state index contributed by atoms with van der Waals surface area (Å²) in [4.78, 5) is 37.3. The SMILES string of the molecule is Cc1c(Cc2ccccc2)sc(NC(=O)[C@H]2CCCC[C@H]2C(=O)O)c1C(N)=O. The summed E-state index contributed by atoms with van der Waals surface area (Å²) < 4.78 is 0. The predicted molar refractivity (Wildman–Crippen MR) is 109 cm³/mol. The Labute approximate surface area is 167 Å². The number of nitrogens with one attached hydrogen (secondary N) is 1. The number of nitrogens with two attached hydrogens (primary N) is 1. The van der Waals surface area contributed by atoms with Gasteiger partial charge in [0, 0.05) is 11.3 Å². The van der Waals surface area contributed by atoms with Crippen LogP contribution in [0.4, 0.5) is 5.00 Å². The van der Waals surface area contributed by atoms with Crippen LogP contribution >= 0.6 is 11.3 Å². The van der Waals surface area contributed by atoms with E-state index >= 15 is 0 Å². The van der Waals surface area contributed by atoms with Crippen molar-refractivity contribution in [2.24, 2.45) is 17.6 Å². The van der Waals surface area contributed by atoms with Gasteiger partial charge in [0.25, 0.3) is 5.91 Å². The molecule has 0 aliphatic heterocycles. The summed E-state index contributed by atoms with van der Waals surface area (Å²) >= 11 is 1.33. The molecule has 3 rings (SSSR count). The lowest BCUT2D eigenvalue weighted by molar-refractivity contribution is -0.147. The number of carboxylic acids is 1. The monoisotopic (exact) mass is 400 g/mol. The van der Waals surface area contributed by atoms with Crippen LogP contribution in [0, 0.1) is 18.8 Å². The van der Waals surface area contributed by atoms with Crippen LogP contribution in [0.15, 0.2) is 30.3 Å². The number of primary amides is 1. The summed E-state index contributed by atoms with van der Waals surface area (Å²) in [7, 11) is 0. The summed E-state index contributed by atoms with van der Waals surface area (Å²) in [6.07, 6.45) is 3.31. The van der Waals surface area contributed by atoms with Gasteiger partial charge < -0.3 is 16.2 Å². The van der Waals surface area contributed by atoms with Crippen molar-refractivity contribution in [3.8, 4) is 0 Å². The standard InChI is InChI=1S/C21H24N2O4S/c1-12-16(11-13-7-3-2-4-8-13)28-20(17(12)18(22)24)23-19(25)14-9-5-6-10-15(14)21(26)27/h2-4,7-8,14-15H,5-6,9-11H2,1H3,(H2,22,24)(H,23,25)(H,26,27)/t14-,15+/m0/s1. The normalized spacial score (nSPS) is 19.2. The van der Waals surface area contributed by atoms with Crippen LogP contribution in [0.25, 0.3) is 0 Å². The Morgan fingerprint density at radius 2 is 1.79 bits per heavy atom. The number of amides is 2. The third kappa shape index (κ3) is 4.25. The van der Waals surface area contributed by atoms with Crippen LogP contribution in [0.5, 0.6) is 0 Å². The molecule has 1 aliphatic rings. The molecule has 0 unspecified atom stereocenters. The van der Waals surface area contributed by atoms with E-state index in [0.29, 0.717) is 29.8 Å². The second-order valence-corrected chi connectivity index (χ2v) is 8.31. The first-order chi connectivity index (χ1) is 13.4. The third-order valence-electron chi connectivity index (χ3n) is 5.36. The molecule has 6 nitrogen and oxygen atoms in total. The van der Waals surface area contributed by atoms with Crippen LogP contribution in [0.1, 0.15) is 52.0 Å². The first kappa shape index (κ1) is 20.1. The van der Waals surface area contributed by atoms with E-state index in [4.69, 9.17) is 5.73 Å². The van der Waals surface area contributed by atoms with Crippen molar-refractivity contribution in [2.45, 2.75) is 39.0 Å². The predicted octanol–water partition coefficient (Wildman–Crippen LogP) is 3.58. The quantitative estimate of drug-likeness (QED) is 0.688. The molecule has 2 amide bonds. The van der Waals surface area contributed by atoms with Gasteiger partial charge in [-0.2, -0.15) is 0 Å². The van der Waals surface area contributed by atoms with Gasteiger partial charge in [-0.05, 0) is 30.9 Å². The zero-order valence-corrected chi connectivity index (χ0v) is 16.6. The Morgan fingerprint density at radius 3 is 2.39 bits per heavy atom. The van der Waals surface area contributed by atoms with E-state index in [1.54, 1.807) is 0 Å². The molecular formula is C21H24N2O4S. The number of carbonyl (C=O) groups is 3. The van der Waals surface area contributed by atoms with Crippen molar-refractivity contribution < 1.29 is 19.5 Å². The maximum atomic E-state index is 12.8. The number of carboxylic acid groups (broad SMARTS) is 1. The van der Waals surface area contributed by atoms with Gasteiger partial charge in [0.1, 0.15) is 5.00 Å². The minimum absolute atomic E-state index is 0.312. The minimum Gasteiger partial charge on any atom is -0.481 e. The smallest absolute Gasteiger partial charge is 0.307 e. The minimum atomic E-state index is -0.942. The molecule has 1 aromatic heterocycles. The van der Waals surface area contributed by atoms with Gasteiger partial charge >= 0.3 is 5.97 Å². The van der Waals surface area contributed by atoms with Crippen LogP contribution in [-0.4, -0.2) is 22.9 Å². The first-order valence-corrected chi connectivity index (χ1v) is 10.2.